The summed E-state index contributed by atoms with van der Waals surface area (Å²) < 4.78 is 46.8. The van der Waals surface area contributed by atoms with E-state index in [1.165, 1.54) is 24.7 Å². The first-order chi connectivity index (χ1) is 14.1. The molecule has 0 unspecified atom stereocenters. The Morgan fingerprint density at radius 2 is 1.90 bits per heavy atom. The lowest BCUT2D eigenvalue weighted by Crippen LogP contribution is -2.31. The number of fused-ring (bicyclic) bond motifs is 1. The van der Waals surface area contributed by atoms with Crippen molar-refractivity contribution in [2.75, 3.05) is 7.11 Å². The molecule has 1 heterocycles. The highest BCUT2D eigenvalue weighted by Gasteiger charge is 2.39. The molecule has 30 heavy (non-hydrogen) atoms. The number of rotatable bonds is 5. The second kappa shape index (κ2) is 8.22. The smallest absolute Gasteiger partial charge is 0.417 e. The van der Waals surface area contributed by atoms with Crippen molar-refractivity contribution < 1.29 is 32.7 Å². The molecule has 1 saturated carbocycles. The molecular weight excluding hydrogens is 401 g/mol. The fourth-order valence-electron chi connectivity index (χ4n) is 4.13. The minimum Gasteiger partial charge on any atom is -0.494 e. The number of hydroxylamine groups is 1. The van der Waals surface area contributed by atoms with Gasteiger partial charge in [-0.3, -0.25) is 19.8 Å². The zero-order valence-corrected chi connectivity index (χ0v) is 16.7. The van der Waals surface area contributed by atoms with Crippen LogP contribution in [0.15, 0.2) is 18.3 Å². The van der Waals surface area contributed by atoms with Crippen molar-refractivity contribution in [2.24, 2.45) is 5.41 Å². The lowest BCUT2D eigenvalue weighted by molar-refractivity contribution is -0.136. The van der Waals surface area contributed by atoms with Crippen molar-refractivity contribution in [3.63, 3.8) is 0 Å². The van der Waals surface area contributed by atoms with Crippen molar-refractivity contribution in [2.45, 2.75) is 51.6 Å². The Labute approximate surface area is 171 Å². The predicted molar refractivity (Wildman–Crippen MR) is 102 cm³/mol. The quantitative estimate of drug-likeness (QED) is 0.546. The number of hydrogen-bond donors (Lipinski definition) is 2. The van der Waals surface area contributed by atoms with Crippen LogP contribution in [0, 0.1) is 5.41 Å². The minimum absolute atomic E-state index is 0.0330. The number of ether oxygens (including phenoxy) is 1. The van der Waals surface area contributed by atoms with E-state index in [0.29, 0.717) is 5.56 Å². The fraction of sp³-hybridized carbons (Fsp3) is 0.476. The van der Waals surface area contributed by atoms with E-state index >= 15 is 0 Å². The molecular formula is C21H23F3N2O4. The van der Waals surface area contributed by atoms with E-state index in [0.717, 1.165) is 38.3 Å². The first kappa shape index (κ1) is 22.0. The molecule has 6 nitrogen and oxygen atoms in total. The van der Waals surface area contributed by atoms with Gasteiger partial charge in [0.05, 0.1) is 18.2 Å². The maximum atomic E-state index is 13.9. The first-order valence-electron chi connectivity index (χ1n) is 9.65. The number of nitrogens with one attached hydrogen (secondary N) is 1. The van der Waals surface area contributed by atoms with E-state index in [1.54, 1.807) is 0 Å². The molecule has 1 aromatic heterocycles. The second-order valence-electron chi connectivity index (χ2n) is 7.90. The Kier molecular flexibility index (Phi) is 6.03. The van der Waals surface area contributed by atoms with Crippen LogP contribution in [0.3, 0.4) is 0 Å². The highest BCUT2D eigenvalue weighted by molar-refractivity contribution is 6.01. The maximum absolute atomic E-state index is 13.9. The number of aromatic nitrogens is 1. The van der Waals surface area contributed by atoms with Gasteiger partial charge in [0, 0.05) is 23.4 Å². The zero-order chi connectivity index (χ0) is 22.1. The molecule has 3 rings (SSSR count). The van der Waals surface area contributed by atoms with E-state index in [2.05, 4.69) is 4.98 Å². The lowest BCUT2D eigenvalue weighted by Gasteiger charge is -2.32. The van der Waals surface area contributed by atoms with Crippen LogP contribution in [0.5, 0.6) is 5.75 Å². The number of methoxy groups -OCH3 is 1. The third-order valence-electron chi connectivity index (χ3n) is 5.84. The standard InChI is InChI=1S/C21H23F3N2O4/c1-20(6-4-3-5-7-20)16(27)10-12-8-13-17(21(22,23)24)14(19(28)26-29)11-25-18(13)15(9-12)30-2/h8-9,11,29H,3-7,10H2,1-2H3,(H,26,28). The molecule has 0 radical (unpaired) electrons. The van der Waals surface area contributed by atoms with Gasteiger partial charge in [-0.05, 0) is 30.5 Å². The molecule has 1 aromatic carbocycles. The Morgan fingerprint density at radius 1 is 1.23 bits per heavy atom. The number of alkyl halides is 3. The first-order valence-corrected chi connectivity index (χ1v) is 9.65. The number of carbonyl (C=O) groups excluding carboxylic acids is 2. The number of carbonyl (C=O) groups is 2. The average Bonchev–Trinajstić information content (AvgIpc) is 2.71. The maximum Gasteiger partial charge on any atom is 0.417 e. The van der Waals surface area contributed by atoms with Gasteiger partial charge in [-0.15, -0.1) is 0 Å². The Morgan fingerprint density at radius 3 is 2.47 bits per heavy atom. The lowest BCUT2D eigenvalue weighted by atomic mass is 9.71. The highest BCUT2D eigenvalue weighted by Crippen LogP contribution is 2.41. The molecule has 162 valence electrons. The average molecular weight is 424 g/mol. The Balaban J connectivity index is 2.15. The number of benzene rings is 1. The van der Waals surface area contributed by atoms with Crippen LogP contribution in [0.4, 0.5) is 13.2 Å². The van der Waals surface area contributed by atoms with E-state index < -0.39 is 28.6 Å². The van der Waals surface area contributed by atoms with Crippen LogP contribution < -0.4 is 10.2 Å². The van der Waals surface area contributed by atoms with Gasteiger partial charge in [0.1, 0.15) is 17.0 Å². The van der Waals surface area contributed by atoms with Crippen LogP contribution in [0.2, 0.25) is 0 Å². The molecule has 1 fully saturated rings. The summed E-state index contributed by atoms with van der Waals surface area (Å²) >= 11 is 0. The number of Topliss-reactive ketones (excluding diaryl/α,β-unsaturated/α-hetero) is 1. The summed E-state index contributed by atoms with van der Waals surface area (Å²) in [6.07, 6.45) is 0.286. The van der Waals surface area contributed by atoms with Gasteiger partial charge in [-0.2, -0.15) is 13.2 Å². The van der Waals surface area contributed by atoms with Crippen molar-refractivity contribution >= 4 is 22.6 Å². The van der Waals surface area contributed by atoms with Gasteiger partial charge in [0.15, 0.2) is 0 Å². The number of amides is 1. The van der Waals surface area contributed by atoms with Crippen molar-refractivity contribution in [3.8, 4) is 5.75 Å². The minimum atomic E-state index is -4.90. The van der Waals surface area contributed by atoms with Gasteiger partial charge in [-0.1, -0.05) is 26.2 Å². The molecule has 1 amide bonds. The number of halogens is 3. The number of ketones is 1. The number of nitrogens with zero attached hydrogens (tertiary/aromatic N) is 1. The van der Waals surface area contributed by atoms with Gasteiger partial charge < -0.3 is 4.74 Å². The second-order valence-corrected chi connectivity index (χ2v) is 7.90. The molecule has 2 N–H and O–H groups in total. The van der Waals surface area contributed by atoms with Gasteiger partial charge in [-0.25, -0.2) is 5.48 Å². The molecule has 0 bridgehead atoms. The summed E-state index contributed by atoms with van der Waals surface area (Å²) in [7, 11) is 1.30. The zero-order valence-electron chi connectivity index (χ0n) is 16.7. The van der Waals surface area contributed by atoms with E-state index in [4.69, 9.17) is 9.94 Å². The Bertz CT molecular complexity index is 982. The Hall–Kier alpha value is -2.68. The summed E-state index contributed by atoms with van der Waals surface area (Å²) in [6.45, 7) is 1.90. The number of hydrogen-bond acceptors (Lipinski definition) is 5. The molecule has 2 aromatic rings. The highest BCUT2D eigenvalue weighted by atomic mass is 19.4. The summed E-state index contributed by atoms with van der Waals surface area (Å²) in [4.78, 5) is 28.7. The van der Waals surface area contributed by atoms with Gasteiger partial charge in [0.2, 0.25) is 0 Å². The third-order valence-corrected chi connectivity index (χ3v) is 5.84. The van der Waals surface area contributed by atoms with E-state index in [-0.39, 0.29) is 28.9 Å². The molecule has 0 atom stereocenters. The monoisotopic (exact) mass is 424 g/mol. The largest absolute Gasteiger partial charge is 0.494 e. The molecule has 0 spiro atoms. The third kappa shape index (κ3) is 4.12. The molecule has 9 heteroatoms. The topological polar surface area (TPSA) is 88.5 Å². The van der Waals surface area contributed by atoms with Crippen molar-refractivity contribution in [1.29, 1.82) is 0 Å². The van der Waals surface area contributed by atoms with Crippen LogP contribution in [0.1, 0.15) is 60.5 Å². The summed E-state index contributed by atoms with van der Waals surface area (Å²) in [6, 6.07) is 2.73. The van der Waals surface area contributed by atoms with Crippen molar-refractivity contribution in [1.82, 2.24) is 10.5 Å². The van der Waals surface area contributed by atoms with Gasteiger partial charge in [0.25, 0.3) is 5.91 Å². The van der Waals surface area contributed by atoms with Crippen LogP contribution >= 0.6 is 0 Å². The normalized spacial score (nSPS) is 16.3. The fourth-order valence-corrected chi connectivity index (χ4v) is 4.13. The van der Waals surface area contributed by atoms with E-state index in [9.17, 15) is 22.8 Å². The van der Waals surface area contributed by atoms with Crippen LogP contribution in [0.25, 0.3) is 10.9 Å². The molecule has 1 aliphatic rings. The summed E-state index contributed by atoms with van der Waals surface area (Å²) in [5, 5.41) is 8.47. The molecule has 0 aliphatic heterocycles. The molecule has 1 aliphatic carbocycles. The summed E-state index contributed by atoms with van der Waals surface area (Å²) in [5.41, 5.74) is -1.07. The number of pyridine rings is 1. The van der Waals surface area contributed by atoms with Gasteiger partial charge >= 0.3 is 6.18 Å². The SMILES string of the molecule is COc1cc(CC(=O)C2(C)CCCCC2)cc2c(C(F)(F)F)c(C(=O)NO)cnc12. The van der Waals surface area contributed by atoms with Crippen LogP contribution in [-0.2, 0) is 17.4 Å². The van der Waals surface area contributed by atoms with Crippen molar-refractivity contribution in [3.05, 3.63) is 35.0 Å². The molecule has 0 saturated heterocycles. The van der Waals surface area contributed by atoms with E-state index in [1.807, 2.05) is 6.92 Å². The summed E-state index contributed by atoms with van der Waals surface area (Å²) in [5.74, 6) is -1.29. The van der Waals surface area contributed by atoms with Crippen LogP contribution in [-0.4, -0.2) is 29.0 Å². The predicted octanol–water partition coefficient (Wildman–Crippen LogP) is 4.46.